The van der Waals surface area contributed by atoms with Crippen LogP contribution in [-0.2, 0) is 10.0 Å². The summed E-state index contributed by atoms with van der Waals surface area (Å²) in [7, 11) is 0.812. The van der Waals surface area contributed by atoms with Gasteiger partial charge in [0.05, 0.1) is 32.4 Å². The Morgan fingerprint density at radius 3 is 2.29 bits per heavy atom. The Balaban J connectivity index is 2.23. The van der Waals surface area contributed by atoms with E-state index in [1.165, 1.54) is 56.1 Å². The Morgan fingerprint density at radius 1 is 1.03 bits per heavy atom. The molecule has 0 fully saturated rings. The number of amides is 1. The first-order chi connectivity index (χ1) is 14.8. The van der Waals surface area contributed by atoms with E-state index in [9.17, 15) is 13.2 Å². The van der Waals surface area contributed by atoms with Crippen LogP contribution in [0.25, 0.3) is 0 Å². The number of benzene rings is 2. The summed E-state index contributed by atoms with van der Waals surface area (Å²) in [5.41, 5.74) is 3.12. The van der Waals surface area contributed by atoms with Crippen molar-refractivity contribution in [1.29, 1.82) is 0 Å². The van der Waals surface area contributed by atoms with Crippen LogP contribution in [0.4, 0.5) is 0 Å². The van der Waals surface area contributed by atoms with E-state index >= 15 is 0 Å². The van der Waals surface area contributed by atoms with Gasteiger partial charge in [-0.1, -0.05) is 19.9 Å². The Kier molecular flexibility index (Phi) is 8.40. The van der Waals surface area contributed by atoms with Crippen molar-refractivity contribution in [2.45, 2.75) is 18.7 Å². The average Bonchev–Trinajstić information content (AvgIpc) is 2.79. The molecule has 2 rings (SSSR count). The van der Waals surface area contributed by atoms with E-state index in [4.69, 9.17) is 14.2 Å². The summed E-state index contributed by atoms with van der Waals surface area (Å²) in [6, 6.07) is 9.21. The Labute approximate surface area is 182 Å². The molecule has 1 N–H and O–H groups in total. The molecule has 0 bridgehead atoms. The minimum absolute atomic E-state index is 0.0504. The third-order valence-electron chi connectivity index (χ3n) is 4.54. The molecule has 9 nitrogen and oxygen atoms in total. The molecule has 0 aromatic heterocycles. The molecular weight excluding hydrogens is 422 g/mol. The lowest BCUT2D eigenvalue weighted by atomic mass is 10.2. The van der Waals surface area contributed by atoms with Crippen LogP contribution in [-0.4, -0.2) is 59.3 Å². The van der Waals surface area contributed by atoms with E-state index in [1.807, 2.05) is 0 Å². The Morgan fingerprint density at radius 2 is 1.71 bits per heavy atom. The van der Waals surface area contributed by atoms with E-state index < -0.39 is 15.9 Å². The van der Waals surface area contributed by atoms with E-state index in [-0.39, 0.29) is 10.5 Å². The highest BCUT2D eigenvalue weighted by molar-refractivity contribution is 7.89. The van der Waals surface area contributed by atoms with Gasteiger partial charge in [-0.15, -0.1) is 0 Å². The fraction of sp³-hybridized carbons (Fsp3) is 0.333. The van der Waals surface area contributed by atoms with Gasteiger partial charge in [-0.25, -0.2) is 13.8 Å². The summed E-state index contributed by atoms with van der Waals surface area (Å²) in [5.74, 6) is 0.737. The lowest BCUT2D eigenvalue weighted by molar-refractivity contribution is 0.0955. The number of hydrogen-bond donors (Lipinski definition) is 1. The number of methoxy groups -OCH3 is 3. The lowest BCUT2D eigenvalue weighted by Crippen LogP contribution is -2.30. The largest absolute Gasteiger partial charge is 0.493 e. The highest BCUT2D eigenvalue weighted by atomic mass is 32.2. The van der Waals surface area contributed by atoms with Gasteiger partial charge >= 0.3 is 0 Å². The first kappa shape index (κ1) is 24.2. The maximum Gasteiger partial charge on any atom is 0.271 e. The molecule has 0 saturated heterocycles. The van der Waals surface area contributed by atoms with Gasteiger partial charge in [0, 0.05) is 24.2 Å². The minimum atomic E-state index is -3.67. The quantitative estimate of drug-likeness (QED) is 0.441. The molecule has 0 aliphatic carbocycles. The molecule has 0 aliphatic heterocycles. The average molecular weight is 450 g/mol. The number of ether oxygens (including phenoxy) is 3. The molecule has 2 aromatic carbocycles. The minimum Gasteiger partial charge on any atom is -0.493 e. The van der Waals surface area contributed by atoms with Crippen LogP contribution in [0.2, 0.25) is 0 Å². The molecule has 0 atom stereocenters. The van der Waals surface area contributed by atoms with Crippen molar-refractivity contribution in [3.05, 3.63) is 47.5 Å². The molecule has 1 amide bonds. The number of carbonyl (C=O) groups excluding carboxylic acids is 1. The molecule has 10 heteroatoms. The SMILES string of the molecule is CCN(CC)S(=O)(=O)c1cccc(C(=O)N/N=C/c2ccc(OC)c(OC)c2OC)c1. The summed E-state index contributed by atoms with van der Waals surface area (Å²) >= 11 is 0. The third kappa shape index (κ3) is 5.33. The predicted molar refractivity (Wildman–Crippen MR) is 118 cm³/mol. The summed E-state index contributed by atoms with van der Waals surface area (Å²) in [4.78, 5) is 12.5. The Bertz CT molecular complexity index is 1050. The van der Waals surface area contributed by atoms with E-state index in [0.29, 0.717) is 35.9 Å². The molecule has 0 heterocycles. The van der Waals surface area contributed by atoms with Crippen molar-refractivity contribution in [2.24, 2.45) is 5.10 Å². The van der Waals surface area contributed by atoms with Crippen LogP contribution in [0.3, 0.4) is 0 Å². The predicted octanol–water partition coefficient (Wildman–Crippen LogP) is 2.51. The molecule has 2 aromatic rings. The van der Waals surface area contributed by atoms with Crippen LogP contribution in [0.5, 0.6) is 17.2 Å². The first-order valence-corrected chi connectivity index (χ1v) is 11.0. The zero-order valence-corrected chi connectivity index (χ0v) is 19.0. The maximum absolute atomic E-state index is 12.7. The molecule has 31 heavy (non-hydrogen) atoms. The van der Waals surface area contributed by atoms with Crippen molar-refractivity contribution < 1.29 is 27.4 Å². The fourth-order valence-electron chi connectivity index (χ4n) is 2.96. The van der Waals surface area contributed by atoms with Crippen molar-refractivity contribution in [2.75, 3.05) is 34.4 Å². The smallest absolute Gasteiger partial charge is 0.271 e. The molecular formula is C21H27N3O6S. The lowest BCUT2D eigenvalue weighted by Gasteiger charge is -2.18. The normalized spacial score (nSPS) is 11.5. The first-order valence-electron chi connectivity index (χ1n) is 9.56. The number of rotatable bonds is 10. The zero-order chi connectivity index (χ0) is 23.0. The van der Waals surface area contributed by atoms with Gasteiger partial charge in [0.15, 0.2) is 11.5 Å². The Hall–Kier alpha value is -3.11. The van der Waals surface area contributed by atoms with Gasteiger partial charge in [-0.05, 0) is 30.3 Å². The van der Waals surface area contributed by atoms with Crippen molar-refractivity contribution in [3.63, 3.8) is 0 Å². The molecule has 168 valence electrons. The number of hydrazone groups is 1. The second-order valence-electron chi connectivity index (χ2n) is 6.24. The summed E-state index contributed by atoms with van der Waals surface area (Å²) < 4.78 is 42.6. The van der Waals surface area contributed by atoms with Gasteiger partial charge in [-0.3, -0.25) is 4.79 Å². The van der Waals surface area contributed by atoms with Crippen LogP contribution >= 0.6 is 0 Å². The summed E-state index contributed by atoms with van der Waals surface area (Å²) in [6.07, 6.45) is 1.40. The van der Waals surface area contributed by atoms with Gasteiger partial charge in [0.25, 0.3) is 5.91 Å². The maximum atomic E-state index is 12.7. The number of nitrogens with one attached hydrogen (secondary N) is 1. The third-order valence-corrected chi connectivity index (χ3v) is 6.59. The topological polar surface area (TPSA) is 107 Å². The van der Waals surface area contributed by atoms with Gasteiger partial charge in [0.1, 0.15) is 0 Å². The number of nitrogens with zero attached hydrogens (tertiary/aromatic N) is 2. The van der Waals surface area contributed by atoms with Gasteiger partial charge in [0.2, 0.25) is 15.8 Å². The van der Waals surface area contributed by atoms with Gasteiger partial charge < -0.3 is 14.2 Å². The molecule has 0 spiro atoms. The number of carbonyl (C=O) groups is 1. The molecule has 0 aliphatic rings. The molecule has 0 unspecified atom stereocenters. The molecule has 0 saturated carbocycles. The van der Waals surface area contributed by atoms with Gasteiger partial charge in [-0.2, -0.15) is 9.41 Å². The van der Waals surface area contributed by atoms with Crippen molar-refractivity contribution >= 4 is 22.1 Å². The van der Waals surface area contributed by atoms with E-state index in [0.717, 1.165) is 0 Å². The summed E-state index contributed by atoms with van der Waals surface area (Å²) in [5, 5.41) is 3.96. The standard InChI is InChI=1S/C21H27N3O6S/c1-6-24(7-2)31(26,27)17-10-8-9-15(13-17)21(25)23-22-14-16-11-12-18(28-3)20(30-5)19(16)29-4/h8-14H,6-7H2,1-5H3,(H,23,25)/b22-14+. The number of sulfonamides is 1. The second kappa shape index (κ2) is 10.8. The van der Waals surface area contributed by atoms with Crippen LogP contribution < -0.4 is 19.6 Å². The van der Waals surface area contributed by atoms with Crippen LogP contribution in [0.1, 0.15) is 29.8 Å². The fourth-order valence-corrected chi connectivity index (χ4v) is 4.47. The van der Waals surface area contributed by atoms with Crippen molar-refractivity contribution in [1.82, 2.24) is 9.73 Å². The monoisotopic (exact) mass is 449 g/mol. The zero-order valence-electron chi connectivity index (χ0n) is 18.2. The van der Waals surface area contributed by atoms with Crippen molar-refractivity contribution in [3.8, 4) is 17.2 Å². The number of hydrogen-bond acceptors (Lipinski definition) is 7. The van der Waals surface area contributed by atoms with Crippen LogP contribution in [0.15, 0.2) is 46.4 Å². The highest BCUT2D eigenvalue weighted by Crippen LogP contribution is 2.38. The van der Waals surface area contributed by atoms with E-state index in [1.54, 1.807) is 26.0 Å². The highest BCUT2D eigenvalue weighted by Gasteiger charge is 2.22. The molecule has 0 radical (unpaired) electrons. The van der Waals surface area contributed by atoms with Crippen LogP contribution in [0, 0.1) is 0 Å². The van der Waals surface area contributed by atoms with E-state index in [2.05, 4.69) is 10.5 Å². The summed E-state index contributed by atoms with van der Waals surface area (Å²) in [6.45, 7) is 4.20. The second-order valence-corrected chi connectivity index (χ2v) is 8.18.